The fourth-order valence-electron chi connectivity index (χ4n) is 1.85. The van der Waals surface area contributed by atoms with Crippen molar-refractivity contribution in [3.8, 4) is 0 Å². The number of nitrogens with zero attached hydrogens (tertiary/aromatic N) is 2. The molecular weight excluding hydrogens is 234 g/mol. The number of nitrogens with one attached hydrogen (secondary N) is 1. The van der Waals surface area contributed by atoms with Crippen molar-refractivity contribution in [2.75, 3.05) is 6.54 Å². The molecule has 1 rings (SSSR count). The Morgan fingerprint density at radius 3 is 2.61 bits per heavy atom. The van der Waals surface area contributed by atoms with E-state index < -0.39 is 5.97 Å². The highest BCUT2D eigenvalue weighted by atomic mass is 16.4. The van der Waals surface area contributed by atoms with Gasteiger partial charge in [-0.2, -0.15) is 5.10 Å². The van der Waals surface area contributed by atoms with Crippen molar-refractivity contribution < 1.29 is 14.7 Å². The number of carboxylic acids is 1. The van der Waals surface area contributed by atoms with E-state index >= 15 is 0 Å². The lowest BCUT2D eigenvalue weighted by Gasteiger charge is -2.05. The van der Waals surface area contributed by atoms with Crippen LogP contribution in [-0.4, -0.2) is 33.3 Å². The zero-order valence-electron chi connectivity index (χ0n) is 11.0. The summed E-state index contributed by atoms with van der Waals surface area (Å²) in [5.74, 6) is -0.894. The first-order chi connectivity index (χ1) is 8.45. The Hall–Kier alpha value is -1.85. The van der Waals surface area contributed by atoms with Crippen LogP contribution in [-0.2, 0) is 22.6 Å². The number of rotatable bonds is 6. The Labute approximate surface area is 106 Å². The lowest BCUT2D eigenvalue weighted by Crippen LogP contribution is -2.24. The van der Waals surface area contributed by atoms with Gasteiger partial charge < -0.3 is 10.4 Å². The third-order valence-electron chi connectivity index (χ3n) is 2.78. The first-order valence-electron chi connectivity index (χ1n) is 5.97. The van der Waals surface area contributed by atoms with Gasteiger partial charge in [-0.05, 0) is 20.8 Å². The van der Waals surface area contributed by atoms with Crippen molar-refractivity contribution in [1.82, 2.24) is 15.1 Å². The third kappa shape index (κ3) is 3.58. The second kappa shape index (κ2) is 6.18. The van der Waals surface area contributed by atoms with E-state index in [-0.39, 0.29) is 12.3 Å². The Balaban J connectivity index is 2.73. The van der Waals surface area contributed by atoms with Gasteiger partial charge in [0.25, 0.3) is 0 Å². The molecule has 100 valence electrons. The van der Waals surface area contributed by atoms with Gasteiger partial charge in [-0.1, -0.05) is 0 Å². The fraction of sp³-hybridized carbons (Fsp3) is 0.583. The molecule has 0 saturated heterocycles. The smallest absolute Gasteiger partial charge is 0.307 e. The zero-order valence-corrected chi connectivity index (χ0v) is 11.0. The number of aryl methyl sites for hydroxylation is 2. The maximum Gasteiger partial charge on any atom is 0.307 e. The number of carboxylic acid groups (broad SMARTS) is 1. The van der Waals surface area contributed by atoms with Gasteiger partial charge in [0, 0.05) is 30.8 Å². The summed E-state index contributed by atoms with van der Waals surface area (Å²) in [6.45, 7) is 6.56. The number of aliphatic carboxylic acids is 1. The van der Waals surface area contributed by atoms with Gasteiger partial charge in [0.1, 0.15) is 0 Å². The normalized spacial score (nSPS) is 10.4. The Bertz CT molecular complexity index is 452. The van der Waals surface area contributed by atoms with Crippen molar-refractivity contribution in [3.63, 3.8) is 0 Å². The lowest BCUT2D eigenvalue weighted by atomic mass is 10.1. The van der Waals surface area contributed by atoms with Crippen LogP contribution in [0.25, 0.3) is 0 Å². The van der Waals surface area contributed by atoms with Gasteiger partial charge in [0.15, 0.2) is 0 Å². The summed E-state index contributed by atoms with van der Waals surface area (Å²) < 4.78 is 1.70. The predicted octanol–water partition coefficient (Wildman–Crippen LogP) is 0.653. The van der Waals surface area contributed by atoms with Gasteiger partial charge in [0.2, 0.25) is 5.91 Å². The SMILES string of the molecule is CCNC(=O)CCn1nc(C)c(CC(=O)O)c1C. The maximum atomic E-state index is 11.4. The summed E-state index contributed by atoms with van der Waals surface area (Å²) in [5.41, 5.74) is 2.27. The standard InChI is InChI=1S/C12H19N3O3/c1-4-13-11(16)5-6-15-9(3)10(7-12(17)18)8(2)14-15/h4-7H2,1-3H3,(H,13,16)(H,17,18). The van der Waals surface area contributed by atoms with E-state index in [4.69, 9.17) is 5.11 Å². The third-order valence-corrected chi connectivity index (χ3v) is 2.78. The molecule has 0 radical (unpaired) electrons. The van der Waals surface area contributed by atoms with Gasteiger partial charge in [-0.15, -0.1) is 0 Å². The minimum Gasteiger partial charge on any atom is -0.481 e. The molecule has 2 N–H and O–H groups in total. The molecule has 1 heterocycles. The molecule has 0 bridgehead atoms. The van der Waals surface area contributed by atoms with Crippen molar-refractivity contribution in [1.29, 1.82) is 0 Å². The van der Waals surface area contributed by atoms with Gasteiger partial charge >= 0.3 is 5.97 Å². The highest BCUT2D eigenvalue weighted by Crippen LogP contribution is 2.14. The van der Waals surface area contributed by atoms with Crippen LogP contribution in [0.1, 0.15) is 30.3 Å². The molecule has 1 aromatic rings. The zero-order chi connectivity index (χ0) is 13.7. The average Bonchev–Trinajstić information content (AvgIpc) is 2.54. The van der Waals surface area contributed by atoms with E-state index in [2.05, 4.69) is 10.4 Å². The maximum absolute atomic E-state index is 11.4. The number of amides is 1. The van der Waals surface area contributed by atoms with Gasteiger partial charge in [-0.3, -0.25) is 14.3 Å². The van der Waals surface area contributed by atoms with Gasteiger partial charge in [-0.25, -0.2) is 0 Å². The van der Waals surface area contributed by atoms with Crippen LogP contribution in [0, 0.1) is 13.8 Å². The van der Waals surface area contributed by atoms with Crippen LogP contribution in [0.3, 0.4) is 0 Å². The Morgan fingerprint density at radius 2 is 2.06 bits per heavy atom. The molecule has 1 aromatic heterocycles. The number of carbonyl (C=O) groups excluding carboxylic acids is 1. The number of carbonyl (C=O) groups is 2. The van der Waals surface area contributed by atoms with Crippen LogP contribution in [0.5, 0.6) is 0 Å². The molecule has 0 spiro atoms. The molecule has 0 aliphatic carbocycles. The molecule has 0 aliphatic heterocycles. The summed E-state index contributed by atoms with van der Waals surface area (Å²) in [6.07, 6.45) is 0.321. The monoisotopic (exact) mass is 253 g/mol. The summed E-state index contributed by atoms with van der Waals surface area (Å²) >= 11 is 0. The van der Waals surface area contributed by atoms with E-state index in [1.54, 1.807) is 11.6 Å². The van der Waals surface area contributed by atoms with Crippen LogP contribution in [0.4, 0.5) is 0 Å². The van der Waals surface area contributed by atoms with Crippen molar-refractivity contribution in [2.24, 2.45) is 0 Å². The first kappa shape index (κ1) is 14.2. The molecule has 0 atom stereocenters. The summed E-state index contributed by atoms with van der Waals surface area (Å²) in [6, 6.07) is 0. The molecule has 0 saturated carbocycles. The first-order valence-corrected chi connectivity index (χ1v) is 5.97. The van der Waals surface area contributed by atoms with E-state index in [1.807, 2.05) is 13.8 Å². The summed E-state index contributed by atoms with van der Waals surface area (Å²) in [4.78, 5) is 22.1. The minimum atomic E-state index is -0.871. The van der Waals surface area contributed by atoms with E-state index in [9.17, 15) is 9.59 Å². The quantitative estimate of drug-likeness (QED) is 0.779. The second-order valence-electron chi connectivity index (χ2n) is 4.15. The average molecular weight is 253 g/mol. The summed E-state index contributed by atoms with van der Waals surface area (Å²) in [7, 11) is 0. The Kier molecular flexibility index (Phi) is 4.88. The van der Waals surface area contributed by atoms with Crippen molar-refractivity contribution in [3.05, 3.63) is 17.0 Å². The number of aromatic nitrogens is 2. The second-order valence-corrected chi connectivity index (χ2v) is 4.15. The predicted molar refractivity (Wildman–Crippen MR) is 66.3 cm³/mol. The molecular formula is C12H19N3O3. The van der Waals surface area contributed by atoms with Crippen LogP contribution in [0.15, 0.2) is 0 Å². The molecule has 0 fully saturated rings. The minimum absolute atomic E-state index is 0.0233. The molecule has 0 aliphatic rings. The van der Waals surface area contributed by atoms with E-state index in [0.29, 0.717) is 25.2 Å². The molecule has 1 amide bonds. The number of hydrogen-bond donors (Lipinski definition) is 2. The van der Waals surface area contributed by atoms with Crippen LogP contribution in [0.2, 0.25) is 0 Å². The highest BCUT2D eigenvalue weighted by Gasteiger charge is 2.14. The number of hydrogen-bond acceptors (Lipinski definition) is 3. The topological polar surface area (TPSA) is 84.2 Å². The Morgan fingerprint density at radius 1 is 1.39 bits per heavy atom. The largest absolute Gasteiger partial charge is 0.481 e. The van der Waals surface area contributed by atoms with Crippen LogP contribution < -0.4 is 5.32 Å². The lowest BCUT2D eigenvalue weighted by molar-refractivity contribution is -0.136. The van der Waals surface area contributed by atoms with Crippen LogP contribution >= 0.6 is 0 Å². The van der Waals surface area contributed by atoms with Crippen molar-refractivity contribution >= 4 is 11.9 Å². The van der Waals surface area contributed by atoms with Crippen molar-refractivity contribution in [2.45, 2.75) is 40.2 Å². The van der Waals surface area contributed by atoms with E-state index in [0.717, 1.165) is 11.3 Å². The van der Waals surface area contributed by atoms with Gasteiger partial charge in [0.05, 0.1) is 12.1 Å². The van der Waals surface area contributed by atoms with E-state index in [1.165, 1.54) is 0 Å². The highest BCUT2D eigenvalue weighted by molar-refractivity contribution is 5.75. The summed E-state index contributed by atoms with van der Waals surface area (Å²) in [5, 5.41) is 15.8. The molecule has 0 aromatic carbocycles. The fourth-order valence-corrected chi connectivity index (χ4v) is 1.85. The molecule has 18 heavy (non-hydrogen) atoms. The molecule has 0 unspecified atom stereocenters. The molecule has 6 nitrogen and oxygen atoms in total. The molecule has 6 heteroatoms.